The van der Waals surface area contributed by atoms with Gasteiger partial charge in [0, 0.05) is 31.7 Å². The van der Waals surface area contributed by atoms with Crippen LogP contribution in [-0.2, 0) is 6.18 Å². The smallest absolute Gasteiger partial charge is 0.336 e. The standard InChI is InChI=1S/C12H13F3N2O.ClH/c13-12(14,15)10-3-1-9(2-4-10)11(18)17-7-5-16-6-8-17;/h1-4,16H,5-8H2;1H. The maximum atomic E-state index is 12.4. The first-order valence-electron chi connectivity index (χ1n) is 5.66. The number of alkyl halides is 3. The highest BCUT2D eigenvalue weighted by Gasteiger charge is 2.30. The van der Waals surface area contributed by atoms with Gasteiger partial charge in [-0.3, -0.25) is 4.79 Å². The summed E-state index contributed by atoms with van der Waals surface area (Å²) in [7, 11) is 0. The molecule has 3 nitrogen and oxygen atoms in total. The third kappa shape index (κ3) is 3.84. The SMILES string of the molecule is Cl.O=C(c1ccc(C(F)(F)F)cc1)N1CCNCC1. The van der Waals surface area contributed by atoms with Gasteiger partial charge in [-0.1, -0.05) is 0 Å². The van der Waals surface area contributed by atoms with Crippen molar-refractivity contribution in [2.45, 2.75) is 6.18 Å². The fraction of sp³-hybridized carbons (Fsp3) is 0.417. The minimum absolute atomic E-state index is 0. The van der Waals surface area contributed by atoms with Crippen molar-refractivity contribution in [3.05, 3.63) is 35.4 Å². The van der Waals surface area contributed by atoms with E-state index in [4.69, 9.17) is 0 Å². The van der Waals surface area contributed by atoms with E-state index < -0.39 is 11.7 Å². The molecule has 19 heavy (non-hydrogen) atoms. The fourth-order valence-electron chi connectivity index (χ4n) is 1.85. The van der Waals surface area contributed by atoms with E-state index >= 15 is 0 Å². The van der Waals surface area contributed by atoms with Gasteiger partial charge >= 0.3 is 6.18 Å². The molecule has 1 aromatic rings. The number of nitrogens with one attached hydrogen (secondary N) is 1. The molecule has 0 bridgehead atoms. The molecule has 0 atom stereocenters. The van der Waals surface area contributed by atoms with Crippen LogP contribution in [0, 0.1) is 0 Å². The second-order valence-corrected chi connectivity index (χ2v) is 4.12. The maximum absolute atomic E-state index is 12.4. The van der Waals surface area contributed by atoms with Gasteiger partial charge in [-0.25, -0.2) is 0 Å². The number of nitrogens with zero attached hydrogens (tertiary/aromatic N) is 1. The van der Waals surface area contributed by atoms with E-state index in [0.29, 0.717) is 31.7 Å². The zero-order valence-corrected chi connectivity index (χ0v) is 10.9. The molecule has 1 N–H and O–H groups in total. The van der Waals surface area contributed by atoms with Crippen LogP contribution in [0.2, 0.25) is 0 Å². The van der Waals surface area contributed by atoms with Gasteiger partial charge in [0.1, 0.15) is 0 Å². The molecule has 1 saturated heterocycles. The predicted octanol–water partition coefficient (Wildman–Crippen LogP) is 2.17. The molecule has 2 rings (SSSR count). The van der Waals surface area contributed by atoms with Gasteiger partial charge in [-0.05, 0) is 24.3 Å². The number of benzene rings is 1. The summed E-state index contributed by atoms with van der Waals surface area (Å²) < 4.78 is 37.1. The summed E-state index contributed by atoms with van der Waals surface area (Å²) >= 11 is 0. The molecule has 1 heterocycles. The molecule has 1 aliphatic rings. The lowest BCUT2D eigenvalue weighted by atomic mass is 10.1. The molecule has 0 unspecified atom stereocenters. The monoisotopic (exact) mass is 294 g/mol. The second-order valence-electron chi connectivity index (χ2n) is 4.12. The molecule has 1 aromatic carbocycles. The molecule has 7 heteroatoms. The Balaban J connectivity index is 0.00000180. The molecular formula is C12H14ClF3N2O. The second kappa shape index (κ2) is 6.25. The third-order valence-corrected chi connectivity index (χ3v) is 2.86. The van der Waals surface area contributed by atoms with Gasteiger partial charge in [0.2, 0.25) is 0 Å². The first-order valence-corrected chi connectivity index (χ1v) is 5.66. The van der Waals surface area contributed by atoms with Crippen molar-refractivity contribution < 1.29 is 18.0 Å². The van der Waals surface area contributed by atoms with E-state index in [1.807, 2.05) is 0 Å². The molecule has 1 fully saturated rings. The van der Waals surface area contributed by atoms with E-state index in [2.05, 4.69) is 5.32 Å². The van der Waals surface area contributed by atoms with Crippen LogP contribution in [0.15, 0.2) is 24.3 Å². The normalized spacial score (nSPS) is 15.8. The van der Waals surface area contributed by atoms with Crippen molar-refractivity contribution in [3.63, 3.8) is 0 Å². The van der Waals surface area contributed by atoms with Crippen LogP contribution in [0.25, 0.3) is 0 Å². The van der Waals surface area contributed by atoms with Crippen molar-refractivity contribution in [1.29, 1.82) is 0 Å². The number of carbonyl (C=O) groups excluding carboxylic acids is 1. The molecular weight excluding hydrogens is 281 g/mol. The summed E-state index contributed by atoms with van der Waals surface area (Å²) in [5.41, 5.74) is -0.440. The summed E-state index contributed by atoms with van der Waals surface area (Å²) in [6.45, 7) is 2.60. The number of hydrogen-bond acceptors (Lipinski definition) is 2. The van der Waals surface area contributed by atoms with Gasteiger partial charge in [0.25, 0.3) is 5.91 Å². The first-order chi connectivity index (χ1) is 8.48. The van der Waals surface area contributed by atoms with E-state index in [-0.39, 0.29) is 18.3 Å². The Morgan fingerprint density at radius 3 is 2.11 bits per heavy atom. The van der Waals surface area contributed by atoms with Gasteiger partial charge in [-0.15, -0.1) is 12.4 Å². The third-order valence-electron chi connectivity index (χ3n) is 2.86. The van der Waals surface area contributed by atoms with E-state index in [9.17, 15) is 18.0 Å². The molecule has 0 aromatic heterocycles. The Kier molecular flexibility index (Phi) is 5.20. The maximum Gasteiger partial charge on any atom is 0.416 e. The molecule has 106 valence electrons. The highest BCUT2D eigenvalue weighted by Crippen LogP contribution is 2.29. The number of halogens is 4. The minimum Gasteiger partial charge on any atom is -0.336 e. The lowest BCUT2D eigenvalue weighted by Gasteiger charge is -2.27. The summed E-state index contributed by atoms with van der Waals surface area (Å²) in [4.78, 5) is 13.6. The van der Waals surface area contributed by atoms with Crippen LogP contribution >= 0.6 is 12.4 Å². The van der Waals surface area contributed by atoms with Crippen molar-refractivity contribution in [1.82, 2.24) is 10.2 Å². The van der Waals surface area contributed by atoms with E-state index in [0.717, 1.165) is 12.1 Å². The fourth-order valence-corrected chi connectivity index (χ4v) is 1.85. The Bertz CT molecular complexity index is 428. The molecule has 0 aliphatic carbocycles. The topological polar surface area (TPSA) is 32.3 Å². The summed E-state index contributed by atoms with van der Waals surface area (Å²) in [5, 5.41) is 3.11. The van der Waals surface area contributed by atoms with Crippen LogP contribution in [0.1, 0.15) is 15.9 Å². The summed E-state index contributed by atoms with van der Waals surface area (Å²) in [6.07, 6.45) is -4.36. The zero-order valence-electron chi connectivity index (χ0n) is 10.0. The highest BCUT2D eigenvalue weighted by atomic mass is 35.5. The summed E-state index contributed by atoms with van der Waals surface area (Å²) in [5.74, 6) is -0.217. The Hall–Kier alpha value is -1.27. The average Bonchev–Trinajstić information content (AvgIpc) is 2.38. The Labute approximate surface area is 115 Å². The predicted molar refractivity (Wildman–Crippen MR) is 67.5 cm³/mol. The first kappa shape index (κ1) is 15.8. The van der Waals surface area contributed by atoms with Gasteiger partial charge in [-0.2, -0.15) is 13.2 Å². The lowest BCUT2D eigenvalue weighted by molar-refractivity contribution is -0.137. The highest BCUT2D eigenvalue weighted by molar-refractivity contribution is 5.94. The average molecular weight is 295 g/mol. The van der Waals surface area contributed by atoms with Crippen LogP contribution in [0.4, 0.5) is 13.2 Å². The van der Waals surface area contributed by atoms with Crippen molar-refractivity contribution in [3.8, 4) is 0 Å². The molecule has 0 saturated carbocycles. The molecule has 0 radical (unpaired) electrons. The minimum atomic E-state index is -4.36. The lowest BCUT2D eigenvalue weighted by Crippen LogP contribution is -2.46. The van der Waals surface area contributed by atoms with Gasteiger partial charge < -0.3 is 10.2 Å². The number of rotatable bonds is 1. The van der Waals surface area contributed by atoms with E-state index in [1.165, 1.54) is 12.1 Å². The Morgan fingerprint density at radius 1 is 1.11 bits per heavy atom. The number of hydrogen-bond donors (Lipinski definition) is 1. The number of piperazine rings is 1. The van der Waals surface area contributed by atoms with Gasteiger partial charge in [0.05, 0.1) is 5.56 Å². The largest absolute Gasteiger partial charge is 0.416 e. The van der Waals surface area contributed by atoms with Crippen LogP contribution in [-0.4, -0.2) is 37.0 Å². The molecule has 0 spiro atoms. The number of amides is 1. The van der Waals surface area contributed by atoms with Crippen LogP contribution in [0.5, 0.6) is 0 Å². The van der Waals surface area contributed by atoms with Crippen molar-refractivity contribution in [2.75, 3.05) is 26.2 Å². The quantitative estimate of drug-likeness (QED) is 0.861. The Morgan fingerprint density at radius 2 is 1.63 bits per heavy atom. The van der Waals surface area contributed by atoms with Crippen LogP contribution in [0.3, 0.4) is 0 Å². The molecule has 1 amide bonds. The van der Waals surface area contributed by atoms with Gasteiger partial charge in [0.15, 0.2) is 0 Å². The number of carbonyl (C=O) groups is 1. The zero-order chi connectivity index (χ0) is 13.2. The van der Waals surface area contributed by atoms with Crippen LogP contribution < -0.4 is 5.32 Å². The van der Waals surface area contributed by atoms with Crippen molar-refractivity contribution in [2.24, 2.45) is 0 Å². The van der Waals surface area contributed by atoms with E-state index in [1.54, 1.807) is 4.90 Å². The summed E-state index contributed by atoms with van der Waals surface area (Å²) in [6, 6.07) is 4.34. The van der Waals surface area contributed by atoms with Crippen molar-refractivity contribution >= 4 is 18.3 Å². The molecule has 1 aliphatic heterocycles.